The molecule has 1 amide bonds. The third-order valence-electron chi connectivity index (χ3n) is 4.50. The number of halogens is 1. The Hall–Kier alpha value is -1.56. The van der Waals surface area contributed by atoms with Crippen LogP contribution in [0.5, 0.6) is 0 Å². The van der Waals surface area contributed by atoms with Crippen molar-refractivity contribution in [1.82, 2.24) is 4.90 Å². The molecule has 2 atom stereocenters. The Labute approximate surface area is 176 Å². The minimum Gasteiger partial charge on any atom is -0.460 e. The fourth-order valence-corrected chi connectivity index (χ4v) is 3.79. The fourth-order valence-electron chi connectivity index (χ4n) is 3.35. The summed E-state index contributed by atoms with van der Waals surface area (Å²) in [7, 11) is 0. The molecule has 0 radical (unpaired) electrons. The number of ether oxygens (including phenoxy) is 2. The summed E-state index contributed by atoms with van der Waals surface area (Å²) in [5, 5.41) is 0. The molecule has 1 saturated heterocycles. The van der Waals surface area contributed by atoms with Crippen molar-refractivity contribution in [2.45, 2.75) is 65.6 Å². The van der Waals surface area contributed by atoms with E-state index in [1.807, 2.05) is 65.8 Å². The molecule has 156 valence electrons. The summed E-state index contributed by atoms with van der Waals surface area (Å²) in [5.41, 5.74) is -0.00694. The summed E-state index contributed by atoms with van der Waals surface area (Å²) < 4.78 is 12.2. The van der Waals surface area contributed by atoms with Crippen LogP contribution in [0.15, 0.2) is 28.7 Å². The van der Waals surface area contributed by atoms with Gasteiger partial charge in [-0.3, -0.25) is 4.79 Å². The van der Waals surface area contributed by atoms with Crippen molar-refractivity contribution < 1.29 is 19.1 Å². The quantitative estimate of drug-likeness (QED) is 0.587. The van der Waals surface area contributed by atoms with Crippen molar-refractivity contribution in [3.63, 3.8) is 0 Å². The minimum absolute atomic E-state index is 0.0429. The molecule has 5 nitrogen and oxygen atoms in total. The molecule has 28 heavy (non-hydrogen) atoms. The molecule has 1 aliphatic rings. The van der Waals surface area contributed by atoms with E-state index in [9.17, 15) is 9.59 Å². The van der Waals surface area contributed by atoms with Crippen LogP contribution in [0.3, 0.4) is 0 Å². The molecule has 0 bridgehead atoms. The molecule has 0 spiro atoms. The van der Waals surface area contributed by atoms with Gasteiger partial charge in [0.05, 0.1) is 5.92 Å². The zero-order chi connectivity index (χ0) is 21.1. The van der Waals surface area contributed by atoms with Gasteiger partial charge in [0.2, 0.25) is 0 Å². The van der Waals surface area contributed by atoms with Gasteiger partial charge in [-0.05, 0) is 78.0 Å². The second-order valence-electron chi connectivity index (χ2n) is 9.45. The van der Waals surface area contributed by atoms with Crippen LogP contribution in [0.4, 0.5) is 4.79 Å². The summed E-state index contributed by atoms with van der Waals surface area (Å²) >= 11 is 3.49. The average Bonchev–Trinajstić information content (AvgIpc) is 2.99. The van der Waals surface area contributed by atoms with E-state index in [1.165, 1.54) is 0 Å². The summed E-state index contributed by atoms with van der Waals surface area (Å²) in [5.74, 6) is -0.467. The molecule has 1 aliphatic heterocycles. The molecule has 0 aromatic heterocycles. The van der Waals surface area contributed by atoms with Gasteiger partial charge in [0.1, 0.15) is 11.2 Å². The lowest BCUT2D eigenvalue weighted by molar-refractivity contribution is -0.161. The first kappa shape index (κ1) is 22.7. The number of likely N-dealkylation sites (tertiary alicyclic amines) is 1. The van der Waals surface area contributed by atoms with Gasteiger partial charge in [0.15, 0.2) is 0 Å². The monoisotopic (exact) mass is 453 g/mol. The molecule has 1 fully saturated rings. The second-order valence-corrected chi connectivity index (χ2v) is 10.4. The first-order valence-electron chi connectivity index (χ1n) is 9.79. The maximum atomic E-state index is 13.0. The molecule has 6 heteroatoms. The summed E-state index contributed by atoms with van der Waals surface area (Å²) in [6.45, 7) is 12.3. The zero-order valence-electron chi connectivity index (χ0n) is 17.8. The van der Waals surface area contributed by atoms with Crippen molar-refractivity contribution in [3.05, 3.63) is 34.3 Å². The maximum absolute atomic E-state index is 13.0. The van der Waals surface area contributed by atoms with Gasteiger partial charge in [-0.2, -0.15) is 0 Å². The van der Waals surface area contributed by atoms with Crippen molar-refractivity contribution >= 4 is 28.0 Å². The van der Waals surface area contributed by atoms with Crippen LogP contribution in [0.2, 0.25) is 0 Å². The van der Waals surface area contributed by atoms with Crippen LogP contribution >= 0.6 is 15.9 Å². The Balaban J connectivity index is 2.15. The molecule has 0 aliphatic carbocycles. The van der Waals surface area contributed by atoms with Crippen LogP contribution in [0, 0.1) is 11.8 Å². The Morgan fingerprint density at radius 3 is 2.36 bits per heavy atom. The SMILES string of the molecule is CC(C)(C)OC(=O)[C@H](Cc1cccc(Br)c1)[C@@H]1CCN(C(=O)OC(C)(C)C)C1. The van der Waals surface area contributed by atoms with Gasteiger partial charge in [-0.1, -0.05) is 28.1 Å². The Bertz CT molecular complexity index is 705. The van der Waals surface area contributed by atoms with Crippen LogP contribution in [-0.4, -0.2) is 41.3 Å². The highest BCUT2D eigenvalue weighted by Crippen LogP contribution is 2.31. The van der Waals surface area contributed by atoms with E-state index in [0.717, 1.165) is 16.5 Å². The van der Waals surface area contributed by atoms with Crippen LogP contribution in [-0.2, 0) is 20.7 Å². The number of carbonyl (C=O) groups is 2. The number of hydrogen-bond acceptors (Lipinski definition) is 4. The molecular weight excluding hydrogens is 422 g/mol. The van der Waals surface area contributed by atoms with Crippen LogP contribution in [0.1, 0.15) is 53.5 Å². The predicted molar refractivity (Wildman–Crippen MR) is 113 cm³/mol. The lowest BCUT2D eigenvalue weighted by Gasteiger charge is -2.28. The topological polar surface area (TPSA) is 55.8 Å². The third-order valence-corrected chi connectivity index (χ3v) is 4.99. The van der Waals surface area contributed by atoms with Crippen LogP contribution < -0.4 is 0 Å². The minimum atomic E-state index is -0.546. The number of nitrogens with zero attached hydrogens (tertiary/aromatic N) is 1. The Kier molecular flexibility index (Phi) is 7.18. The lowest BCUT2D eigenvalue weighted by atomic mass is 9.86. The average molecular weight is 454 g/mol. The van der Waals surface area contributed by atoms with Crippen molar-refractivity contribution in [1.29, 1.82) is 0 Å². The molecule has 2 rings (SSSR count). The van der Waals surface area contributed by atoms with Gasteiger partial charge in [0, 0.05) is 17.6 Å². The number of amides is 1. The van der Waals surface area contributed by atoms with E-state index in [4.69, 9.17) is 9.47 Å². The van der Waals surface area contributed by atoms with Gasteiger partial charge in [-0.15, -0.1) is 0 Å². The number of esters is 1. The standard InChI is InChI=1S/C22H32BrNO4/c1-21(2,3)27-19(25)18(13-15-8-7-9-17(23)12-15)16-10-11-24(14-16)20(26)28-22(4,5)6/h7-9,12,16,18H,10-11,13-14H2,1-6H3/t16-,18-/m1/s1. The maximum Gasteiger partial charge on any atom is 0.410 e. The molecule has 0 N–H and O–H groups in total. The Morgan fingerprint density at radius 2 is 1.79 bits per heavy atom. The van der Waals surface area contributed by atoms with Crippen molar-refractivity contribution in [3.8, 4) is 0 Å². The smallest absolute Gasteiger partial charge is 0.410 e. The van der Waals surface area contributed by atoms with Crippen molar-refractivity contribution in [2.75, 3.05) is 13.1 Å². The predicted octanol–water partition coefficient (Wildman–Crippen LogP) is 5.21. The van der Waals surface area contributed by atoms with Crippen molar-refractivity contribution in [2.24, 2.45) is 11.8 Å². The van der Waals surface area contributed by atoms with E-state index in [1.54, 1.807) is 4.90 Å². The van der Waals surface area contributed by atoms with E-state index in [0.29, 0.717) is 19.5 Å². The first-order valence-corrected chi connectivity index (χ1v) is 10.6. The van der Waals surface area contributed by atoms with Gasteiger partial charge in [-0.25, -0.2) is 4.79 Å². The van der Waals surface area contributed by atoms with Gasteiger partial charge in [0.25, 0.3) is 0 Å². The van der Waals surface area contributed by atoms with E-state index >= 15 is 0 Å². The molecule has 0 unspecified atom stereocenters. The molecule has 0 saturated carbocycles. The molecular formula is C22H32BrNO4. The summed E-state index contributed by atoms with van der Waals surface area (Å²) in [4.78, 5) is 27.1. The lowest BCUT2D eigenvalue weighted by Crippen LogP contribution is -2.38. The highest BCUT2D eigenvalue weighted by atomic mass is 79.9. The van der Waals surface area contributed by atoms with Gasteiger partial charge >= 0.3 is 12.1 Å². The number of hydrogen-bond donors (Lipinski definition) is 0. The van der Waals surface area contributed by atoms with E-state index in [-0.39, 0.29) is 23.9 Å². The Morgan fingerprint density at radius 1 is 1.14 bits per heavy atom. The van der Waals surface area contributed by atoms with Crippen LogP contribution in [0.25, 0.3) is 0 Å². The number of benzene rings is 1. The number of rotatable bonds is 4. The van der Waals surface area contributed by atoms with E-state index in [2.05, 4.69) is 15.9 Å². The highest BCUT2D eigenvalue weighted by molar-refractivity contribution is 9.10. The third kappa shape index (κ3) is 7.12. The molecule has 1 aromatic rings. The number of carbonyl (C=O) groups excluding carboxylic acids is 2. The molecule has 1 aromatic carbocycles. The second kappa shape index (κ2) is 8.85. The normalized spacial score (nSPS) is 18.7. The zero-order valence-corrected chi connectivity index (χ0v) is 19.3. The highest BCUT2D eigenvalue weighted by Gasteiger charge is 2.39. The largest absolute Gasteiger partial charge is 0.460 e. The fraction of sp³-hybridized carbons (Fsp3) is 0.636. The van der Waals surface area contributed by atoms with Gasteiger partial charge < -0.3 is 14.4 Å². The summed E-state index contributed by atoms with van der Waals surface area (Å²) in [6, 6.07) is 7.97. The molecule has 1 heterocycles. The summed E-state index contributed by atoms with van der Waals surface area (Å²) in [6.07, 6.45) is 1.03. The first-order chi connectivity index (χ1) is 12.8. The van der Waals surface area contributed by atoms with E-state index < -0.39 is 11.2 Å².